The Hall–Kier alpha value is -4.57. The highest BCUT2D eigenvalue weighted by Crippen LogP contribution is 2.42. The van der Waals surface area contributed by atoms with Crippen molar-refractivity contribution in [2.24, 2.45) is 0 Å². The van der Waals surface area contributed by atoms with E-state index in [-0.39, 0.29) is 0 Å². The molecule has 3 aromatic carbocycles. The quantitative estimate of drug-likeness (QED) is 0.311. The van der Waals surface area contributed by atoms with Crippen molar-refractivity contribution in [2.45, 2.75) is 0 Å². The first kappa shape index (κ1) is 18.0. The molecule has 1 N–H and O–H groups in total. The highest BCUT2D eigenvalue weighted by Gasteiger charge is 2.22. The summed E-state index contributed by atoms with van der Waals surface area (Å²) in [5.74, 6) is 1.48. The van der Waals surface area contributed by atoms with E-state index in [1.165, 1.54) is 0 Å². The second kappa shape index (κ2) is 6.97. The summed E-state index contributed by atoms with van der Waals surface area (Å²) < 4.78 is 12.1. The van der Waals surface area contributed by atoms with E-state index < -0.39 is 0 Å². The van der Waals surface area contributed by atoms with Crippen LogP contribution in [0.4, 0.5) is 0 Å². The zero-order chi connectivity index (χ0) is 21.8. The molecule has 4 heterocycles. The zero-order valence-electron chi connectivity index (χ0n) is 17.6. The van der Waals surface area contributed by atoms with Gasteiger partial charge in [-0.1, -0.05) is 60.7 Å². The number of aromatic nitrogens is 2. The summed E-state index contributed by atoms with van der Waals surface area (Å²) in [7, 11) is 0. The monoisotopic (exact) mass is 426 g/mol. The van der Waals surface area contributed by atoms with Gasteiger partial charge in [-0.3, -0.25) is 0 Å². The van der Waals surface area contributed by atoms with E-state index in [0.717, 1.165) is 61.1 Å². The minimum Gasteiger partial charge on any atom is -0.463 e. The predicted octanol–water partition coefficient (Wildman–Crippen LogP) is 8.06. The van der Waals surface area contributed by atoms with E-state index in [9.17, 15) is 0 Å². The minimum atomic E-state index is 0.702. The number of hydrogen-bond donors (Lipinski definition) is 1. The van der Waals surface area contributed by atoms with Crippen molar-refractivity contribution in [3.8, 4) is 34.2 Å². The lowest BCUT2D eigenvalue weighted by Gasteiger charge is -2.13. The van der Waals surface area contributed by atoms with Gasteiger partial charge >= 0.3 is 0 Å². The molecule has 0 fully saturated rings. The molecule has 156 valence electrons. The number of rotatable bonds is 3. The summed E-state index contributed by atoms with van der Waals surface area (Å²) in [6.07, 6.45) is 1.68. The Morgan fingerprint density at radius 1 is 0.636 bits per heavy atom. The largest absolute Gasteiger partial charge is 0.463 e. The van der Waals surface area contributed by atoms with E-state index in [0.29, 0.717) is 5.76 Å². The van der Waals surface area contributed by atoms with Crippen LogP contribution in [0.5, 0.6) is 0 Å². The lowest BCUT2D eigenvalue weighted by Crippen LogP contribution is -1.95. The summed E-state index contributed by atoms with van der Waals surface area (Å²) in [4.78, 5) is 8.71. The molecule has 0 saturated heterocycles. The van der Waals surface area contributed by atoms with Crippen LogP contribution >= 0.6 is 0 Å². The molecule has 0 spiro atoms. The van der Waals surface area contributed by atoms with Gasteiger partial charge in [-0.2, -0.15) is 0 Å². The average molecular weight is 426 g/mol. The number of nitrogens with one attached hydrogen (secondary N) is 1. The van der Waals surface area contributed by atoms with Crippen LogP contribution in [-0.4, -0.2) is 9.97 Å². The molecule has 7 aromatic rings. The fourth-order valence-electron chi connectivity index (χ4n) is 4.62. The SMILES string of the molecule is c1coc(-c2nc(-c3cc4ccccc4[nH]3)c3ccccc3c2-c2cc3ccccc3o2)c1. The highest BCUT2D eigenvalue weighted by molar-refractivity contribution is 6.08. The van der Waals surface area contributed by atoms with Gasteiger partial charge in [0.1, 0.15) is 17.0 Å². The Morgan fingerprint density at radius 3 is 2.24 bits per heavy atom. The molecule has 0 bridgehead atoms. The van der Waals surface area contributed by atoms with E-state index in [1.807, 2.05) is 48.5 Å². The highest BCUT2D eigenvalue weighted by atomic mass is 16.3. The molecule has 0 radical (unpaired) electrons. The van der Waals surface area contributed by atoms with Gasteiger partial charge in [0.05, 0.1) is 23.2 Å². The van der Waals surface area contributed by atoms with Crippen LogP contribution in [-0.2, 0) is 0 Å². The fourth-order valence-corrected chi connectivity index (χ4v) is 4.62. The van der Waals surface area contributed by atoms with Gasteiger partial charge in [0.15, 0.2) is 5.76 Å². The molecule has 4 aromatic heterocycles. The lowest BCUT2D eigenvalue weighted by atomic mass is 9.97. The molecular weight excluding hydrogens is 408 g/mol. The van der Waals surface area contributed by atoms with Crippen molar-refractivity contribution >= 4 is 32.6 Å². The normalized spacial score (nSPS) is 11.6. The molecule has 0 aliphatic carbocycles. The van der Waals surface area contributed by atoms with E-state index in [1.54, 1.807) is 6.26 Å². The molecular formula is C29H18N2O2. The Balaban J connectivity index is 1.59. The third kappa shape index (κ3) is 2.81. The maximum atomic E-state index is 6.31. The van der Waals surface area contributed by atoms with Crippen molar-refractivity contribution in [3.05, 3.63) is 103 Å². The summed E-state index contributed by atoms with van der Waals surface area (Å²) in [5.41, 5.74) is 5.47. The van der Waals surface area contributed by atoms with Gasteiger partial charge in [0.2, 0.25) is 0 Å². The van der Waals surface area contributed by atoms with Gasteiger partial charge < -0.3 is 13.8 Å². The first-order valence-electron chi connectivity index (χ1n) is 10.9. The van der Waals surface area contributed by atoms with Crippen LogP contribution in [0, 0.1) is 0 Å². The van der Waals surface area contributed by atoms with Crippen LogP contribution in [0.25, 0.3) is 66.8 Å². The topological polar surface area (TPSA) is 55.0 Å². The van der Waals surface area contributed by atoms with Crippen molar-refractivity contribution in [2.75, 3.05) is 0 Å². The first-order valence-corrected chi connectivity index (χ1v) is 10.9. The molecule has 0 aliphatic rings. The molecule has 0 aliphatic heterocycles. The lowest BCUT2D eigenvalue weighted by molar-refractivity contribution is 0.579. The Bertz CT molecular complexity index is 1700. The Morgan fingerprint density at radius 2 is 1.42 bits per heavy atom. The number of aromatic amines is 1. The second-order valence-corrected chi connectivity index (χ2v) is 8.13. The third-order valence-corrected chi connectivity index (χ3v) is 6.12. The number of nitrogens with zero attached hydrogens (tertiary/aromatic N) is 1. The number of furan rings is 2. The van der Waals surface area contributed by atoms with Crippen molar-refractivity contribution in [1.82, 2.24) is 9.97 Å². The van der Waals surface area contributed by atoms with Crippen LogP contribution < -0.4 is 0 Å². The minimum absolute atomic E-state index is 0.702. The maximum absolute atomic E-state index is 6.31. The molecule has 7 rings (SSSR count). The van der Waals surface area contributed by atoms with E-state index in [4.69, 9.17) is 13.8 Å². The molecule has 0 amide bonds. The van der Waals surface area contributed by atoms with Gasteiger partial charge in [-0.25, -0.2) is 4.98 Å². The summed E-state index contributed by atoms with van der Waals surface area (Å²) in [6, 6.07) is 32.7. The standard InChI is InChI=1S/C29H18N2O2/c1-5-12-22-18(8-1)16-23(30-22)28-21-11-4-3-10-20(21)27(29(31-28)25-14-7-15-32-25)26-17-19-9-2-6-13-24(19)33-26/h1-17,30H. The number of pyridine rings is 1. The summed E-state index contributed by atoms with van der Waals surface area (Å²) >= 11 is 0. The number of benzene rings is 3. The molecule has 0 saturated carbocycles. The number of para-hydroxylation sites is 2. The van der Waals surface area contributed by atoms with E-state index >= 15 is 0 Å². The predicted molar refractivity (Wildman–Crippen MR) is 132 cm³/mol. The fraction of sp³-hybridized carbons (Fsp3) is 0. The third-order valence-electron chi connectivity index (χ3n) is 6.12. The maximum Gasteiger partial charge on any atom is 0.153 e. The van der Waals surface area contributed by atoms with Gasteiger partial charge in [0.25, 0.3) is 0 Å². The van der Waals surface area contributed by atoms with Crippen LogP contribution in [0.15, 0.2) is 112 Å². The summed E-state index contributed by atoms with van der Waals surface area (Å²) in [6.45, 7) is 0. The number of fused-ring (bicyclic) bond motifs is 3. The van der Waals surface area contributed by atoms with Crippen molar-refractivity contribution in [3.63, 3.8) is 0 Å². The average Bonchev–Trinajstić information content (AvgIpc) is 3.62. The molecule has 0 unspecified atom stereocenters. The van der Waals surface area contributed by atoms with Crippen molar-refractivity contribution < 1.29 is 8.83 Å². The number of hydrogen-bond acceptors (Lipinski definition) is 3. The smallest absolute Gasteiger partial charge is 0.153 e. The Kier molecular flexibility index (Phi) is 3.81. The number of H-pyrrole nitrogens is 1. The molecule has 4 heteroatoms. The van der Waals surface area contributed by atoms with Gasteiger partial charge in [0, 0.05) is 21.7 Å². The summed E-state index contributed by atoms with van der Waals surface area (Å²) in [5, 5.41) is 4.32. The zero-order valence-corrected chi connectivity index (χ0v) is 17.6. The molecule has 0 atom stereocenters. The first-order chi connectivity index (χ1) is 16.3. The van der Waals surface area contributed by atoms with E-state index in [2.05, 4.69) is 53.5 Å². The molecule has 33 heavy (non-hydrogen) atoms. The van der Waals surface area contributed by atoms with Gasteiger partial charge in [-0.15, -0.1) is 0 Å². The van der Waals surface area contributed by atoms with Crippen LogP contribution in [0.3, 0.4) is 0 Å². The van der Waals surface area contributed by atoms with Gasteiger partial charge in [-0.05, 0) is 41.8 Å². The van der Waals surface area contributed by atoms with Crippen LogP contribution in [0.2, 0.25) is 0 Å². The van der Waals surface area contributed by atoms with Crippen LogP contribution in [0.1, 0.15) is 0 Å². The Labute approximate surface area is 189 Å². The second-order valence-electron chi connectivity index (χ2n) is 8.13. The molecule has 4 nitrogen and oxygen atoms in total. The van der Waals surface area contributed by atoms with Crippen molar-refractivity contribution in [1.29, 1.82) is 0 Å².